The summed E-state index contributed by atoms with van der Waals surface area (Å²) in [7, 11) is 1.58. The first-order valence-electron chi connectivity index (χ1n) is 12.6. The normalized spacial score (nSPS) is 10.5. The van der Waals surface area contributed by atoms with Crippen LogP contribution in [0.5, 0.6) is 5.75 Å². The topological polar surface area (TPSA) is 84.9 Å². The fourth-order valence-corrected chi connectivity index (χ4v) is 4.08. The average Bonchev–Trinajstić information content (AvgIpc) is 2.93. The molecule has 0 saturated carbocycles. The molecular formula is C30H34N2O5. The molecule has 0 heterocycles. The lowest BCUT2D eigenvalue weighted by Gasteiger charge is -2.24. The maximum atomic E-state index is 13.9. The Morgan fingerprint density at radius 3 is 2.03 bits per heavy atom. The molecule has 2 amide bonds. The number of nitrogens with one attached hydrogen (secondary N) is 1. The van der Waals surface area contributed by atoms with E-state index >= 15 is 0 Å². The molecule has 1 N–H and O–H groups in total. The van der Waals surface area contributed by atoms with Gasteiger partial charge >= 0.3 is 5.97 Å². The SMILES string of the molecule is CCOC(=O)CCN(CCc1ccc(OCC)cc1)C(=O)c1ccccc1-c1ccccc1C(=O)NC. The van der Waals surface area contributed by atoms with Gasteiger partial charge < -0.3 is 19.7 Å². The van der Waals surface area contributed by atoms with Crippen LogP contribution in [-0.4, -0.2) is 56.0 Å². The molecule has 0 fully saturated rings. The molecule has 7 heteroatoms. The average molecular weight is 503 g/mol. The Hall–Kier alpha value is -4.13. The quantitative estimate of drug-likeness (QED) is 0.361. The van der Waals surface area contributed by atoms with Gasteiger partial charge in [0.1, 0.15) is 5.75 Å². The van der Waals surface area contributed by atoms with Crippen LogP contribution >= 0.6 is 0 Å². The van der Waals surface area contributed by atoms with Crippen LogP contribution in [0.4, 0.5) is 0 Å². The summed E-state index contributed by atoms with van der Waals surface area (Å²) < 4.78 is 10.6. The highest BCUT2D eigenvalue weighted by atomic mass is 16.5. The van der Waals surface area contributed by atoms with Gasteiger partial charge in [0.15, 0.2) is 0 Å². The van der Waals surface area contributed by atoms with Gasteiger partial charge in [0.05, 0.1) is 19.6 Å². The highest BCUT2D eigenvalue weighted by Gasteiger charge is 2.22. The Bertz CT molecular complexity index is 1210. The van der Waals surface area contributed by atoms with Crippen LogP contribution in [0.2, 0.25) is 0 Å². The van der Waals surface area contributed by atoms with Crippen LogP contribution in [0.15, 0.2) is 72.8 Å². The van der Waals surface area contributed by atoms with Crippen LogP contribution in [0.3, 0.4) is 0 Å². The van der Waals surface area contributed by atoms with Gasteiger partial charge in [0.2, 0.25) is 0 Å². The Labute approximate surface area is 218 Å². The first-order valence-corrected chi connectivity index (χ1v) is 12.6. The summed E-state index contributed by atoms with van der Waals surface area (Å²) in [5.41, 5.74) is 3.33. The van der Waals surface area contributed by atoms with Crippen molar-refractivity contribution < 1.29 is 23.9 Å². The number of carbonyl (C=O) groups excluding carboxylic acids is 3. The van der Waals surface area contributed by atoms with Crippen molar-refractivity contribution in [2.75, 3.05) is 33.4 Å². The predicted octanol–water partition coefficient (Wildman–Crippen LogP) is 4.75. The minimum Gasteiger partial charge on any atom is -0.494 e. The van der Waals surface area contributed by atoms with Crippen molar-refractivity contribution in [1.29, 1.82) is 0 Å². The number of rotatable bonds is 12. The van der Waals surface area contributed by atoms with E-state index in [-0.39, 0.29) is 37.4 Å². The summed E-state index contributed by atoms with van der Waals surface area (Å²) >= 11 is 0. The van der Waals surface area contributed by atoms with E-state index in [4.69, 9.17) is 9.47 Å². The Morgan fingerprint density at radius 1 is 0.784 bits per heavy atom. The smallest absolute Gasteiger partial charge is 0.307 e. The summed E-state index contributed by atoms with van der Waals surface area (Å²) in [6, 6.07) is 22.2. The highest BCUT2D eigenvalue weighted by Crippen LogP contribution is 2.28. The van der Waals surface area contributed by atoms with Crippen LogP contribution in [0, 0.1) is 0 Å². The van der Waals surface area contributed by atoms with Gasteiger partial charge in [-0.05, 0) is 61.2 Å². The molecule has 194 valence electrons. The van der Waals surface area contributed by atoms with Crippen molar-refractivity contribution in [3.05, 3.63) is 89.5 Å². The van der Waals surface area contributed by atoms with E-state index in [0.29, 0.717) is 41.8 Å². The molecule has 0 bridgehead atoms. The molecule has 0 unspecified atom stereocenters. The molecular weight excluding hydrogens is 468 g/mol. The third kappa shape index (κ3) is 7.43. The van der Waals surface area contributed by atoms with Crippen LogP contribution < -0.4 is 10.1 Å². The maximum Gasteiger partial charge on any atom is 0.307 e. The standard InChI is InChI=1S/C30H34N2O5/c1-4-36-23-16-14-22(15-17-23)18-20-32(21-19-28(33)37-5-2)30(35)27-13-9-7-11-25(27)24-10-6-8-12-26(24)29(34)31-3/h6-17H,4-5,18-21H2,1-3H3,(H,31,34). The van der Waals surface area contributed by atoms with Gasteiger partial charge in [-0.1, -0.05) is 48.5 Å². The van der Waals surface area contributed by atoms with E-state index in [9.17, 15) is 14.4 Å². The van der Waals surface area contributed by atoms with Crippen LogP contribution in [0.25, 0.3) is 11.1 Å². The molecule has 37 heavy (non-hydrogen) atoms. The number of esters is 1. The highest BCUT2D eigenvalue weighted by molar-refractivity contribution is 6.06. The van der Waals surface area contributed by atoms with E-state index in [1.54, 1.807) is 43.1 Å². The number of amides is 2. The fourth-order valence-electron chi connectivity index (χ4n) is 4.08. The zero-order valence-electron chi connectivity index (χ0n) is 21.7. The van der Waals surface area contributed by atoms with E-state index < -0.39 is 0 Å². The molecule has 0 atom stereocenters. The van der Waals surface area contributed by atoms with E-state index in [1.165, 1.54) is 0 Å². The number of hydrogen-bond acceptors (Lipinski definition) is 5. The summed E-state index contributed by atoms with van der Waals surface area (Å²) in [6.45, 7) is 5.21. The van der Waals surface area contributed by atoms with E-state index in [1.807, 2.05) is 55.5 Å². The molecule has 0 aliphatic carbocycles. The van der Waals surface area contributed by atoms with Gasteiger partial charge in [-0.25, -0.2) is 0 Å². The summed E-state index contributed by atoms with van der Waals surface area (Å²) in [4.78, 5) is 40.2. The van der Waals surface area contributed by atoms with Crippen molar-refractivity contribution in [2.45, 2.75) is 26.7 Å². The largest absolute Gasteiger partial charge is 0.494 e. The summed E-state index contributed by atoms with van der Waals surface area (Å²) in [5.74, 6) is 0.00915. The third-order valence-corrected chi connectivity index (χ3v) is 5.93. The minimum absolute atomic E-state index is 0.0971. The third-order valence-electron chi connectivity index (χ3n) is 5.93. The Balaban J connectivity index is 1.90. The fraction of sp³-hybridized carbons (Fsp3) is 0.300. The van der Waals surface area contributed by atoms with Gasteiger partial charge in [0, 0.05) is 31.3 Å². The molecule has 0 aromatic heterocycles. The predicted molar refractivity (Wildman–Crippen MR) is 144 cm³/mol. The monoisotopic (exact) mass is 502 g/mol. The molecule has 0 spiro atoms. The Kier molecular flexibility index (Phi) is 10.3. The molecule has 3 rings (SSSR count). The van der Waals surface area contributed by atoms with E-state index in [2.05, 4.69) is 5.32 Å². The first kappa shape index (κ1) is 27.5. The molecule has 0 saturated heterocycles. The number of benzene rings is 3. The van der Waals surface area contributed by atoms with Gasteiger partial charge in [-0.2, -0.15) is 0 Å². The van der Waals surface area contributed by atoms with Crippen molar-refractivity contribution in [3.8, 4) is 16.9 Å². The molecule has 3 aromatic rings. The molecule has 3 aromatic carbocycles. The number of ether oxygens (including phenoxy) is 2. The second-order valence-corrected chi connectivity index (χ2v) is 8.34. The Morgan fingerprint density at radius 2 is 1.41 bits per heavy atom. The number of nitrogens with zero attached hydrogens (tertiary/aromatic N) is 1. The van der Waals surface area contributed by atoms with Crippen molar-refractivity contribution in [2.24, 2.45) is 0 Å². The van der Waals surface area contributed by atoms with Crippen LogP contribution in [-0.2, 0) is 16.0 Å². The zero-order chi connectivity index (χ0) is 26.6. The number of carbonyl (C=O) groups is 3. The molecule has 7 nitrogen and oxygen atoms in total. The summed E-state index contributed by atoms with van der Waals surface area (Å²) in [5, 5.41) is 2.66. The summed E-state index contributed by atoms with van der Waals surface area (Å²) in [6.07, 6.45) is 0.706. The van der Waals surface area contributed by atoms with Crippen LogP contribution in [0.1, 0.15) is 46.5 Å². The lowest BCUT2D eigenvalue weighted by molar-refractivity contribution is -0.143. The van der Waals surface area contributed by atoms with Gasteiger partial charge in [-0.3, -0.25) is 14.4 Å². The van der Waals surface area contributed by atoms with E-state index in [0.717, 1.165) is 11.3 Å². The minimum atomic E-state index is -0.348. The molecule has 0 aliphatic rings. The molecule has 0 radical (unpaired) electrons. The second kappa shape index (κ2) is 13.8. The lowest BCUT2D eigenvalue weighted by Crippen LogP contribution is -2.35. The first-order chi connectivity index (χ1) is 18.0. The lowest BCUT2D eigenvalue weighted by atomic mass is 9.94. The zero-order valence-corrected chi connectivity index (χ0v) is 21.7. The van der Waals surface area contributed by atoms with Crippen molar-refractivity contribution in [1.82, 2.24) is 10.2 Å². The van der Waals surface area contributed by atoms with Crippen molar-refractivity contribution >= 4 is 17.8 Å². The molecule has 0 aliphatic heterocycles. The van der Waals surface area contributed by atoms with Crippen molar-refractivity contribution in [3.63, 3.8) is 0 Å². The second-order valence-electron chi connectivity index (χ2n) is 8.34. The van der Waals surface area contributed by atoms with Gasteiger partial charge in [0.25, 0.3) is 11.8 Å². The number of hydrogen-bond donors (Lipinski definition) is 1. The maximum absolute atomic E-state index is 13.9. The van der Waals surface area contributed by atoms with Gasteiger partial charge in [-0.15, -0.1) is 0 Å².